The van der Waals surface area contributed by atoms with Crippen LogP contribution in [0.4, 0.5) is 13.2 Å². The third-order valence-electron chi connectivity index (χ3n) is 4.28. The van der Waals surface area contributed by atoms with Gasteiger partial charge in [-0.15, -0.1) is 0 Å². The second kappa shape index (κ2) is 7.30. The number of hydrogen-bond acceptors (Lipinski definition) is 4. The Balaban J connectivity index is 1.63. The first kappa shape index (κ1) is 18.0. The number of imidazole rings is 1. The molecule has 8 heteroatoms. The van der Waals surface area contributed by atoms with Crippen LogP contribution in [0.15, 0.2) is 59.9 Å². The van der Waals surface area contributed by atoms with E-state index in [-0.39, 0.29) is 18.1 Å². The Morgan fingerprint density at radius 1 is 1.18 bits per heavy atom. The van der Waals surface area contributed by atoms with Crippen LogP contribution in [0.25, 0.3) is 21.9 Å². The first-order valence-corrected chi connectivity index (χ1v) is 8.50. The highest BCUT2D eigenvalue weighted by atomic mass is 19.3. The highest BCUT2D eigenvalue weighted by Crippen LogP contribution is 2.24. The molecule has 0 radical (unpaired) electrons. The molecule has 2 aromatic heterocycles. The molecule has 0 saturated carbocycles. The number of oxime groups is 1. The Labute approximate surface area is 158 Å². The summed E-state index contributed by atoms with van der Waals surface area (Å²) in [5.41, 5.74) is 2.03. The van der Waals surface area contributed by atoms with E-state index in [1.807, 2.05) is 0 Å². The van der Waals surface area contributed by atoms with E-state index in [1.165, 1.54) is 19.1 Å². The molecule has 0 aliphatic heterocycles. The zero-order valence-corrected chi connectivity index (χ0v) is 14.8. The molecular weight excluding hydrogens is 369 g/mol. The number of halogens is 3. The van der Waals surface area contributed by atoms with E-state index in [2.05, 4.69) is 15.1 Å². The van der Waals surface area contributed by atoms with Crippen molar-refractivity contribution in [3.05, 3.63) is 71.9 Å². The fourth-order valence-corrected chi connectivity index (χ4v) is 3.07. The van der Waals surface area contributed by atoms with E-state index in [0.29, 0.717) is 27.5 Å². The molecule has 0 aliphatic carbocycles. The Hall–Kier alpha value is -3.42. The number of nitrogens with zero attached hydrogens (tertiary/aromatic N) is 4. The molecule has 5 nitrogen and oxygen atoms in total. The standard InChI is InChI=1S/C20H15F3N4O/c1-12(19-25-16-6-2-3-7-17(16)27(19)20(22)23)26-28-11-14-10-15(21)9-13-5-4-8-24-18(13)14/h2-10,20H,11H2,1H3/b26-12-. The van der Waals surface area contributed by atoms with Gasteiger partial charge in [0.2, 0.25) is 0 Å². The maximum Gasteiger partial charge on any atom is 0.320 e. The third-order valence-corrected chi connectivity index (χ3v) is 4.28. The smallest absolute Gasteiger partial charge is 0.320 e. The maximum absolute atomic E-state index is 13.8. The number of pyridine rings is 1. The van der Waals surface area contributed by atoms with E-state index < -0.39 is 12.4 Å². The maximum atomic E-state index is 13.8. The Morgan fingerprint density at radius 3 is 2.82 bits per heavy atom. The second-order valence-electron chi connectivity index (χ2n) is 6.16. The summed E-state index contributed by atoms with van der Waals surface area (Å²) >= 11 is 0. The molecule has 28 heavy (non-hydrogen) atoms. The van der Waals surface area contributed by atoms with Crippen LogP contribution in [-0.4, -0.2) is 20.2 Å². The summed E-state index contributed by atoms with van der Waals surface area (Å²) in [6, 6.07) is 12.8. The summed E-state index contributed by atoms with van der Waals surface area (Å²) < 4.78 is 41.7. The minimum atomic E-state index is -2.77. The molecule has 0 aliphatic rings. The lowest BCUT2D eigenvalue weighted by Gasteiger charge is -2.08. The first-order valence-electron chi connectivity index (χ1n) is 8.50. The lowest BCUT2D eigenvalue weighted by Crippen LogP contribution is -2.10. The normalized spacial score (nSPS) is 12.2. The van der Waals surface area contributed by atoms with E-state index in [0.717, 1.165) is 4.57 Å². The summed E-state index contributed by atoms with van der Waals surface area (Å²) in [5, 5.41) is 4.55. The number of hydrogen-bond donors (Lipinski definition) is 0. The molecule has 0 fully saturated rings. The van der Waals surface area contributed by atoms with Crippen molar-refractivity contribution in [1.82, 2.24) is 14.5 Å². The summed E-state index contributed by atoms with van der Waals surface area (Å²) in [6.45, 7) is -1.30. The molecule has 0 spiro atoms. The monoisotopic (exact) mass is 384 g/mol. The van der Waals surface area contributed by atoms with Crippen molar-refractivity contribution in [3.8, 4) is 0 Å². The van der Waals surface area contributed by atoms with Gasteiger partial charge in [-0.2, -0.15) is 8.78 Å². The molecule has 142 valence electrons. The van der Waals surface area contributed by atoms with Crippen molar-refractivity contribution in [2.45, 2.75) is 20.1 Å². The van der Waals surface area contributed by atoms with E-state index >= 15 is 0 Å². The van der Waals surface area contributed by atoms with Gasteiger partial charge in [0.05, 0.1) is 16.6 Å². The highest BCUT2D eigenvalue weighted by Gasteiger charge is 2.19. The van der Waals surface area contributed by atoms with Crippen LogP contribution in [0.2, 0.25) is 0 Å². The van der Waals surface area contributed by atoms with Crippen molar-refractivity contribution in [1.29, 1.82) is 0 Å². The molecule has 0 N–H and O–H groups in total. The number of fused-ring (bicyclic) bond motifs is 2. The predicted octanol–water partition coefficient (Wildman–Crippen LogP) is 5.06. The Kier molecular flexibility index (Phi) is 4.68. The third kappa shape index (κ3) is 3.28. The van der Waals surface area contributed by atoms with Crippen LogP contribution in [0, 0.1) is 5.82 Å². The molecule has 4 rings (SSSR count). The minimum absolute atomic E-state index is 0.0124. The average Bonchev–Trinajstić information content (AvgIpc) is 3.07. The van der Waals surface area contributed by atoms with Gasteiger partial charge in [0.25, 0.3) is 0 Å². The molecule has 2 aromatic carbocycles. The lowest BCUT2D eigenvalue weighted by molar-refractivity contribution is 0.0736. The number of alkyl halides is 2. The minimum Gasteiger partial charge on any atom is -0.391 e. The molecule has 0 unspecified atom stereocenters. The van der Waals surface area contributed by atoms with Gasteiger partial charge in [-0.3, -0.25) is 9.55 Å². The largest absolute Gasteiger partial charge is 0.391 e. The van der Waals surface area contributed by atoms with Crippen LogP contribution >= 0.6 is 0 Å². The molecule has 0 amide bonds. The van der Waals surface area contributed by atoms with Crippen molar-refractivity contribution in [2.75, 3.05) is 0 Å². The van der Waals surface area contributed by atoms with Gasteiger partial charge in [-0.05, 0) is 37.3 Å². The van der Waals surface area contributed by atoms with Gasteiger partial charge in [-0.1, -0.05) is 23.4 Å². The average molecular weight is 384 g/mol. The van der Waals surface area contributed by atoms with Crippen molar-refractivity contribution < 1.29 is 18.0 Å². The van der Waals surface area contributed by atoms with E-state index in [9.17, 15) is 13.2 Å². The van der Waals surface area contributed by atoms with Gasteiger partial charge < -0.3 is 4.84 Å². The van der Waals surface area contributed by atoms with Gasteiger partial charge in [0.1, 0.15) is 18.1 Å². The zero-order chi connectivity index (χ0) is 19.7. The molecular formula is C20H15F3N4O. The number of para-hydroxylation sites is 2. The fourth-order valence-electron chi connectivity index (χ4n) is 3.07. The zero-order valence-electron chi connectivity index (χ0n) is 14.8. The van der Waals surface area contributed by atoms with E-state index in [1.54, 1.807) is 42.6 Å². The lowest BCUT2D eigenvalue weighted by atomic mass is 10.1. The molecule has 2 heterocycles. The second-order valence-corrected chi connectivity index (χ2v) is 6.16. The SMILES string of the molecule is C/C(=N/OCc1cc(F)cc2cccnc12)c1nc2ccccc2n1C(F)F. The fraction of sp³-hybridized carbons (Fsp3) is 0.150. The van der Waals surface area contributed by atoms with Gasteiger partial charge in [0.15, 0.2) is 5.82 Å². The molecule has 0 saturated heterocycles. The quantitative estimate of drug-likeness (QED) is 0.357. The Bertz CT molecular complexity index is 1190. The van der Waals surface area contributed by atoms with Crippen LogP contribution in [0.3, 0.4) is 0 Å². The summed E-state index contributed by atoms with van der Waals surface area (Å²) in [6.07, 6.45) is 1.60. The molecule has 4 aromatic rings. The first-order chi connectivity index (χ1) is 13.5. The number of benzene rings is 2. The van der Waals surface area contributed by atoms with Crippen molar-refractivity contribution in [2.24, 2.45) is 5.16 Å². The van der Waals surface area contributed by atoms with Crippen molar-refractivity contribution in [3.63, 3.8) is 0 Å². The van der Waals surface area contributed by atoms with Crippen LogP contribution in [0.1, 0.15) is 24.9 Å². The summed E-state index contributed by atoms with van der Waals surface area (Å²) in [4.78, 5) is 13.8. The van der Waals surface area contributed by atoms with Gasteiger partial charge >= 0.3 is 6.55 Å². The van der Waals surface area contributed by atoms with Gasteiger partial charge in [0, 0.05) is 17.1 Å². The molecule has 0 bridgehead atoms. The topological polar surface area (TPSA) is 52.3 Å². The van der Waals surface area contributed by atoms with Gasteiger partial charge in [-0.25, -0.2) is 9.37 Å². The summed E-state index contributed by atoms with van der Waals surface area (Å²) in [7, 11) is 0. The van der Waals surface area contributed by atoms with Crippen LogP contribution in [0.5, 0.6) is 0 Å². The Morgan fingerprint density at radius 2 is 2.00 bits per heavy atom. The number of aromatic nitrogens is 3. The number of rotatable bonds is 5. The summed E-state index contributed by atoms with van der Waals surface area (Å²) in [5.74, 6) is -0.405. The van der Waals surface area contributed by atoms with Crippen molar-refractivity contribution >= 4 is 27.6 Å². The highest BCUT2D eigenvalue weighted by molar-refractivity contribution is 5.98. The van der Waals surface area contributed by atoms with E-state index in [4.69, 9.17) is 4.84 Å². The molecule has 0 atom stereocenters. The van der Waals surface area contributed by atoms with Crippen LogP contribution < -0.4 is 0 Å². The predicted molar refractivity (Wildman–Crippen MR) is 99.7 cm³/mol. The van der Waals surface area contributed by atoms with Crippen LogP contribution in [-0.2, 0) is 11.4 Å².